The van der Waals surface area contributed by atoms with E-state index in [-0.39, 0.29) is 17.4 Å². The Labute approximate surface area is 208 Å². The number of pyridine rings is 1. The molecule has 0 saturated heterocycles. The quantitative estimate of drug-likeness (QED) is 0.206. The highest BCUT2D eigenvalue weighted by molar-refractivity contribution is 8.00. The molecule has 0 atom stereocenters. The van der Waals surface area contributed by atoms with Crippen LogP contribution in [-0.4, -0.2) is 28.0 Å². The van der Waals surface area contributed by atoms with Gasteiger partial charge in [-0.05, 0) is 36.2 Å². The second-order valence-corrected chi connectivity index (χ2v) is 8.69. The maximum atomic E-state index is 12.4. The summed E-state index contributed by atoms with van der Waals surface area (Å²) in [6, 6.07) is 28.7. The number of carbonyl (C=O) groups excluding carboxylic acids is 1. The first-order chi connectivity index (χ1) is 17.0. The zero-order valence-corrected chi connectivity index (χ0v) is 19.8. The van der Waals surface area contributed by atoms with Crippen molar-refractivity contribution < 1.29 is 9.90 Å². The standard InChI is InChI=1S/C28H22N4O2S/c1-19-12-13-22(26(33)14-19)17-30-32-27(34)18-35-28-24(16-29)23(20-8-4-2-5-9-20)15-25(31-28)21-10-6-3-7-11-21/h2-15,17,33H,18H2,1H3,(H,32,34)/b30-17+. The summed E-state index contributed by atoms with van der Waals surface area (Å²) < 4.78 is 0. The van der Waals surface area contributed by atoms with E-state index in [1.54, 1.807) is 12.1 Å². The summed E-state index contributed by atoms with van der Waals surface area (Å²) in [4.78, 5) is 17.1. The van der Waals surface area contributed by atoms with E-state index in [4.69, 9.17) is 4.98 Å². The minimum absolute atomic E-state index is 0.0192. The number of nitrogens with one attached hydrogen (secondary N) is 1. The van der Waals surface area contributed by atoms with Crippen molar-refractivity contribution in [2.24, 2.45) is 5.10 Å². The van der Waals surface area contributed by atoms with Crippen LogP contribution >= 0.6 is 11.8 Å². The van der Waals surface area contributed by atoms with Crippen molar-refractivity contribution in [3.8, 4) is 34.2 Å². The molecule has 7 heteroatoms. The number of thioether (sulfide) groups is 1. The number of amides is 1. The summed E-state index contributed by atoms with van der Waals surface area (Å²) in [5.74, 6) is -0.243. The first kappa shape index (κ1) is 23.7. The first-order valence-corrected chi connectivity index (χ1v) is 11.8. The lowest BCUT2D eigenvalue weighted by Gasteiger charge is -2.12. The normalized spacial score (nSPS) is 10.7. The fraction of sp³-hybridized carbons (Fsp3) is 0.0714. The van der Waals surface area contributed by atoms with Crippen molar-refractivity contribution in [2.75, 3.05) is 5.75 Å². The highest BCUT2D eigenvalue weighted by Crippen LogP contribution is 2.34. The molecule has 2 N–H and O–H groups in total. The third kappa shape index (κ3) is 5.94. The van der Waals surface area contributed by atoms with Crippen LogP contribution in [0.1, 0.15) is 16.7 Å². The van der Waals surface area contributed by atoms with E-state index >= 15 is 0 Å². The number of aromatic nitrogens is 1. The van der Waals surface area contributed by atoms with E-state index in [9.17, 15) is 15.2 Å². The number of hydrazone groups is 1. The van der Waals surface area contributed by atoms with Crippen LogP contribution in [0.5, 0.6) is 5.75 Å². The number of nitriles is 1. The van der Waals surface area contributed by atoms with Gasteiger partial charge in [0.05, 0.1) is 23.2 Å². The monoisotopic (exact) mass is 478 g/mol. The zero-order chi connectivity index (χ0) is 24.6. The predicted octanol–water partition coefficient (Wildman–Crippen LogP) is 5.54. The molecule has 0 aliphatic rings. The van der Waals surface area contributed by atoms with E-state index in [0.29, 0.717) is 16.2 Å². The smallest absolute Gasteiger partial charge is 0.250 e. The summed E-state index contributed by atoms with van der Waals surface area (Å²) >= 11 is 1.18. The van der Waals surface area contributed by atoms with Crippen LogP contribution in [0.15, 0.2) is 95.1 Å². The molecule has 0 aliphatic heterocycles. The van der Waals surface area contributed by atoms with Gasteiger partial charge in [0.2, 0.25) is 5.91 Å². The maximum absolute atomic E-state index is 12.4. The number of hydrogen-bond donors (Lipinski definition) is 2. The first-order valence-electron chi connectivity index (χ1n) is 10.9. The van der Waals surface area contributed by atoms with Gasteiger partial charge in [-0.15, -0.1) is 0 Å². The SMILES string of the molecule is Cc1ccc(/C=N/NC(=O)CSc2nc(-c3ccccc3)cc(-c3ccccc3)c2C#N)c(O)c1. The highest BCUT2D eigenvalue weighted by atomic mass is 32.2. The molecule has 4 rings (SSSR count). The molecule has 0 fully saturated rings. The van der Waals surface area contributed by atoms with E-state index < -0.39 is 0 Å². The number of phenols is 1. The van der Waals surface area contributed by atoms with Crippen molar-refractivity contribution >= 4 is 23.9 Å². The molecular weight excluding hydrogens is 456 g/mol. The van der Waals surface area contributed by atoms with Crippen LogP contribution in [0.3, 0.4) is 0 Å². The Morgan fingerprint density at radius 1 is 1.06 bits per heavy atom. The van der Waals surface area contributed by atoms with Gasteiger partial charge in [0.1, 0.15) is 16.8 Å². The van der Waals surface area contributed by atoms with Gasteiger partial charge >= 0.3 is 0 Å². The lowest BCUT2D eigenvalue weighted by atomic mass is 9.99. The van der Waals surface area contributed by atoms with Crippen LogP contribution < -0.4 is 5.43 Å². The highest BCUT2D eigenvalue weighted by Gasteiger charge is 2.17. The molecule has 0 aliphatic carbocycles. The Kier molecular flexibility index (Phi) is 7.56. The average molecular weight is 479 g/mol. The average Bonchev–Trinajstić information content (AvgIpc) is 2.89. The molecule has 1 amide bonds. The van der Waals surface area contributed by atoms with Gasteiger partial charge in [0.25, 0.3) is 0 Å². The molecule has 0 spiro atoms. The third-order valence-corrected chi connectivity index (χ3v) is 6.15. The summed E-state index contributed by atoms with van der Waals surface area (Å²) in [6.07, 6.45) is 1.39. The lowest BCUT2D eigenvalue weighted by molar-refractivity contribution is -0.118. The van der Waals surface area contributed by atoms with Crippen LogP contribution in [0, 0.1) is 18.3 Å². The fourth-order valence-electron chi connectivity index (χ4n) is 3.44. The summed E-state index contributed by atoms with van der Waals surface area (Å²) in [5.41, 5.74) is 7.61. The molecular formula is C28H22N4O2S. The molecule has 0 bridgehead atoms. The van der Waals surface area contributed by atoms with Gasteiger partial charge in [-0.1, -0.05) is 78.5 Å². The number of aromatic hydroxyl groups is 1. The Bertz CT molecular complexity index is 1410. The summed E-state index contributed by atoms with van der Waals surface area (Å²) in [5, 5.41) is 24.3. The Morgan fingerprint density at radius 2 is 1.74 bits per heavy atom. The van der Waals surface area contributed by atoms with Crippen LogP contribution in [0.25, 0.3) is 22.4 Å². The Morgan fingerprint density at radius 3 is 2.40 bits per heavy atom. The molecule has 1 aromatic heterocycles. The molecule has 6 nitrogen and oxygen atoms in total. The molecule has 1 heterocycles. The number of phenolic OH excluding ortho intramolecular Hbond substituents is 1. The molecule has 0 unspecified atom stereocenters. The molecule has 0 radical (unpaired) electrons. The van der Waals surface area contributed by atoms with Crippen LogP contribution in [-0.2, 0) is 4.79 Å². The van der Waals surface area contributed by atoms with Crippen molar-refractivity contribution in [3.63, 3.8) is 0 Å². The van der Waals surface area contributed by atoms with Gasteiger partial charge in [0, 0.05) is 16.7 Å². The van der Waals surface area contributed by atoms with Gasteiger partial charge in [-0.25, -0.2) is 10.4 Å². The Hall–Kier alpha value is -4.41. The van der Waals surface area contributed by atoms with E-state index in [2.05, 4.69) is 16.6 Å². The number of rotatable bonds is 7. The largest absolute Gasteiger partial charge is 0.507 e. The molecule has 0 saturated carbocycles. The Balaban J connectivity index is 1.57. The number of benzene rings is 3. The molecule has 3 aromatic carbocycles. The number of carbonyl (C=O) groups is 1. The van der Waals surface area contributed by atoms with Crippen molar-refractivity contribution in [1.82, 2.24) is 10.4 Å². The summed E-state index contributed by atoms with van der Waals surface area (Å²) in [6.45, 7) is 1.87. The van der Waals surface area contributed by atoms with Crippen LogP contribution in [0.4, 0.5) is 0 Å². The van der Waals surface area contributed by atoms with Gasteiger partial charge in [-0.2, -0.15) is 10.4 Å². The number of hydrogen-bond acceptors (Lipinski definition) is 6. The minimum atomic E-state index is -0.352. The van der Waals surface area contributed by atoms with Crippen molar-refractivity contribution in [1.29, 1.82) is 5.26 Å². The van der Waals surface area contributed by atoms with Gasteiger partial charge in [0.15, 0.2) is 0 Å². The minimum Gasteiger partial charge on any atom is -0.507 e. The van der Waals surface area contributed by atoms with Crippen molar-refractivity contribution in [3.05, 3.63) is 102 Å². The fourth-order valence-corrected chi connectivity index (χ4v) is 4.23. The summed E-state index contributed by atoms with van der Waals surface area (Å²) in [7, 11) is 0. The second kappa shape index (κ2) is 11.1. The number of nitrogens with zero attached hydrogens (tertiary/aromatic N) is 3. The topological polar surface area (TPSA) is 98.4 Å². The lowest BCUT2D eigenvalue weighted by Crippen LogP contribution is -2.19. The van der Waals surface area contributed by atoms with Gasteiger partial charge in [-0.3, -0.25) is 4.79 Å². The molecule has 4 aromatic rings. The van der Waals surface area contributed by atoms with E-state index in [0.717, 1.165) is 27.9 Å². The zero-order valence-electron chi connectivity index (χ0n) is 19.0. The van der Waals surface area contributed by atoms with Crippen LogP contribution in [0.2, 0.25) is 0 Å². The van der Waals surface area contributed by atoms with Gasteiger partial charge < -0.3 is 5.11 Å². The van der Waals surface area contributed by atoms with E-state index in [1.165, 1.54) is 18.0 Å². The molecule has 35 heavy (non-hydrogen) atoms. The second-order valence-electron chi connectivity index (χ2n) is 7.72. The van der Waals surface area contributed by atoms with E-state index in [1.807, 2.05) is 79.7 Å². The maximum Gasteiger partial charge on any atom is 0.250 e. The van der Waals surface area contributed by atoms with Crippen molar-refractivity contribution in [2.45, 2.75) is 11.9 Å². The molecule has 172 valence electrons. The third-order valence-electron chi connectivity index (χ3n) is 5.17. The predicted molar refractivity (Wildman–Crippen MR) is 139 cm³/mol. The number of aryl methyl sites for hydroxylation is 1.